The Labute approximate surface area is 105 Å². The molecular weight excluding hydrogens is 262 g/mol. The number of hydrogen-bond donors (Lipinski definition) is 2. The molecular formula is C10H17NO4S2. The lowest BCUT2D eigenvalue weighted by Gasteiger charge is -2.12. The van der Waals surface area contributed by atoms with Crippen molar-refractivity contribution in [2.75, 3.05) is 13.2 Å². The Balaban J connectivity index is 2.68. The van der Waals surface area contributed by atoms with Gasteiger partial charge in [-0.25, -0.2) is 13.1 Å². The van der Waals surface area contributed by atoms with Crippen molar-refractivity contribution in [2.24, 2.45) is 0 Å². The van der Waals surface area contributed by atoms with Crippen LogP contribution in [0.2, 0.25) is 0 Å². The van der Waals surface area contributed by atoms with Crippen molar-refractivity contribution >= 4 is 21.4 Å². The number of thiophene rings is 1. The van der Waals surface area contributed by atoms with E-state index in [0.717, 1.165) is 11.3 Å². The van der Waals surface area contributed by atoms with Crippen molar-refractivity contribution in [3.8, 4) is 0 Å². The van der Waals surface area contributed by atoms with Crippen LogP contribution >= 0.6 is 11.3 Å². The minimum Gasteiger partial charge on any atom is -0.391 e. The summed E-state index contributed by atoms with van der Waals surface area (Å²) >= 11 is 1.06. The fourth-order valence-corrected chi connectivity index (χ4v) is 3.70. The van der Waals surface area contributed by atoms with Crippen LogP contribution in [0, 0.1) is 0 Å². The van der Waals surface area contributed by atoms with Gasteiger partial charge in [0, 0.05) is 17.5 Å². The summed E-state index contributed by atoms with van der Waals surface area (Å²) in [6.45, 7) is 4.35. The Kier molecular flexibility index (Phi) is 5.54. The lowest BCUT2D eigenvalue weighted by Crippen LogP contribution is -2.35. The third-order valence-corrected chi connectivity index (χ3v) is 5.14. The Bertz CT molecular complexity index is 441. The molecule has 1 atom stereocenters. The molecule has 1 aromatic heterocycles. The van der Waals surface area contributed by atoms with Gasteiger partial charge < -0.3 is 9.84 Å². The Morgan fingerprint density at radius 2 is 2.24 bits per heavy atom. The minimum atomic E-state index is -3.50. The van der Waals surface area contributed by atoms with Crippen LogP contribution in [0.15, 0.2) is 16.3 Å². The SMILES string of the molecule is CCOCC(C)NS(=O)(=O)c1ccc(CO)s1. The number of hydrogen-bond acceptors (Lipinski definition) is 5. The Morgan fingerprint density at radius 3 is 2.76 bits per heavy atom. The molecule has 5 nitrogen and oxygen atoms in total. The molecule has 0 amide bonds. The van der Waals surface area contributed by atoms with Gasteiger partial charge in [0.25, 0.3) is 0 Å². The van der Waals surface area contributed by atoms with E-state index >= 15 is 0 Å². The van der Waals surface area contributed by atoms with E-state index in [2.05, 4.69) is 4.72 Å². The van der Waals surface area contributed by atoms with Crippen LogP contribution in [0.1, 0.15) is 18.7 Å². The van der Waals surface area contributed by atoms with Gasteiger partial charge in [0.15, 0.2) is 0 Å². The number of aliphatic hydroxyl groups excluding tert-OH is 1. The maximum Gasteiger partial charge on any atom is 0.250 e. The summed E-state index contributed by atoms with van der Waals surface area (Å²) in [5.41, 5.74) is 0. The van der Waals surface area contributed by atoms with Crippen molar-refractivity contribution in [3.63, 3.8) is 0 Å². The number of rotatable bonds is 7. The molecule has 1 aromatic rings. The molecule has 1 heterocycles. The van der Waals surface area contributed by atoms with E-state index in [9.17, 15) is 8.42 Å². The minimum absolute atomic E-state index is 0.144. The van der Waals surface area contributed by atoms with E-state index < -0.39 is 10.0 Å². The van der Waals surface area contributed by atoms with Gasteiger partial charge in [0.1, 0.15) is 4.21 Å². The van der Waals surface area contributed by atoms with Crippen molar-refractivity contribution in [2.45, 2.75) is 30.7 Å². The topological polar surface area (TPSA) is 75.6 Å². The van der Waals surface area contributed by atoms with Gasteiger partial charge in [-0.15, -0.1) is 11.3 Å². The molecule has 0 aromatic carbocycles. The van der Waals surface area contributed by atoms with E-state index in [0.29, 0.717) is 18.1 Å². The maximum atomic E-state index is 11.9. The number of aliphatic hydroxyl groups is 1. The summed E-state index contributed by atoms with van der Waals surface area (Å²) in [6, 6.07) is 2.82. The molecule has 0 saturated carbocycles. The average molecular weight is 279 g/mol. The van der Waals surface area contributed by atoms with Crippen LogP contribution in [-0.4, -0.2) is 32.8 Å². The van der Waals surface area contributed by atoms with Crippen molar-refractivity contribution in [1.82, 2.24) is 4.72 Å². The summed E-state index contributed by atoms with van der Waals surface area (Å²) in [6.07, 6.45) is 0. The molecule has 0 fully saturated rings. The van der Waals surface area contributed by atoms with Gasteiger partial charge in [-0.1, -0.05) is 0 Å². The Hall–Kier alpha value is -0.470. The molecule has 0 aliphatic heterocycles. The lowest BCUT2D eigenvalue weighted by molar-refractivity contribution is 0.133. The molecule has 7 heteroatoms. The third kappa shape index (κ3) is 4.36. The summed E-state index contributed by atoms with van der Waals surface area (Å²) in [5.74, 6) is 0. The predicted octanol–water partition coefficient (Wildman–Crippen LogP) is 0.944. The van der Waals surface area contributed by atoms with Crippen LogP contribution in [0.3, 0.4) is 0 Å². The number of ether oxygens (including phenoxy) is 1. The summed E-state index contributed by atoms with van der Waals surface area (Å²) in [5, 5.41) is 8.89. The van der Waals surface area contributed by atoms with E-state index in [-0.39, 0.29) is 16.9 Å². The normalized spacial score (nSPS) is 13.8. The second-order valence-corrected chi connectivity index (χ2v) is 6.67. The van der Waals surface area contributed by atoms with E-state index in [1.54, 1.807) is 13.0 Å². The fourth-order valence-electron chi connectivity index (χ4n) is 1.24. The zero-order valence-corrected chi connectivity index (χ0v) is 11.5. The summed E-state index contributed by atoms with van der Waals surface area (Å²) in [4.78, 5) is 0.628. The second kappa shape index (κ2) is 6.46. The van der Waals surface area contributed by atoms with Crippen LogP contribution in [-0.2, 0) is 21.4 Å². The average Bonchev–Trinajstić information content (AvgIpc) is 2.75. The molecule has 0 saturated heterocycles. The molecule has 1 rings (SSSR count). The highest BCUT2D eigenvalue weighted by atomic mass is 32.2. The van der Waals surface area contributed by atoms with Gasteiger partial charge in [-0.2, -0.15) is 0 Å². The van der Waals surface area contributed by atoms with E-state index in [1.165, 1.54) is 6.07 Å². The van der Waals surface area contributed by atoms with Gasteiger partial charge in [0.2, 0.25) is 10.0 Å². The molecule has 1 unspecified atom stereocenters. The van der Waals surface area contributed by atoms with Crippen LogP contribution < -0.4 is 4.72 Å². The van der Waals surface area contributed by atoms with Gasteiger partial charge in [-0.3, -0.25) is 0 Å². The van der Waals surface area contributed by atoms with Crippen molar-refractivity contribution in [3.05, 3.63) is 17.0 Å². The summed E-state index contributed by atoms with van der Waals surface area (Å²) in [7, 11) is -3.50. The first-order chi connectivity index (χ1) is 7.99. The van der Waals surface area contributed by atoms with Gasteiger partial charge in [-0.05, 0) is 26.0 Å². The zero-order chi connectivity index (χ0) is 12.9. The quantitative estimate of drug-likeness (QED) is 0.779. The Morgan fingerprint density at radius 1 is 1.53 bits per heavy atom. The highest BCUT2D eigenvalue weighted by Crippen LogP contribution is 2.21. The highest BCUT2D eigenvalue weighted by Gasteiger charge is 2.19. The lowest BCUT2D eigenvalue weighted by atomic mass is 10.4. The van der Waals surface area contributed by atoms with E-state index in [1.807, 2.05) is 6.92 Å². The molecule has 0 aliphatic carbocycles. The first-order valence-corrected chi connectivity index (χ1v) is 7.59. The van der Waals surface area contributed by atoms with E-state index in [4.69, 9.17) is 9.84 Å². The largest absolute Gasteiger partial charge is 0.391 e. The summed E-state index contributed by atoms with van der Waals surface area (Å²) < 4.78 is 31.7. The maximum absolute atomic E-state index is 11.9. The highest BCUT2D eigenvalue weighted by molar-refractivity contribution is 7.91. The standard InChI is InChI=1S/C10H17NO4S2/c1-3-15-7-8(2)11-17(13,14)10-5-4-9(6-12)16-10/h4-5,8,11-12H,3,6-7H2,1-2H3. The predicted molar refractivity (Wildman–Crippen MR) is 66.5 cm³/mol. The first-order valence-electron chi connectivity index (χ1n) is 5.29. The van der Waals surface area contributed by atoms with Crippen LogP contribution in [0.5, 0.6) is 0 Å². The number of nitrogens with one attached hydrogen (secondary N) is 1. The first kappa shape index (κ1) is 14.6. The third-order valence-electron chi connectivity index (χ3n) is 1.99. The number of sulfonamides is 1. The molecule has 0 bridgehead atoms. The molecule has 17 heavy (non-hydrogen) atoms. The monoisotopic (exact) mass is 279 g/mol. The smallest absolute Gasteiger partial charge is 0.250 e. The van der Waals surface area contributed by atoms with Crippen LogP contribution in [0.25, 0.3) is 0 Å². The molecule has 2 N–H and O–H groups in total. The zero-order valence-electron chi connectivity index (χ0n) is 9.84. The van der Waals surface area contributed by atoms with Crippen molar-refractivity contribution in [1.29, 1.82) is 0 Å². The molecule has 0 spiro atoms. The second-order valence-electron chi connectivity index (χ2n) is 3.56. The van der Waals surface area contributed by atoms with Gasteiger partial charge in [0.05, 0.1) is 13.2 Å². The fraction of sp³-hybridized carbons (Fsp3) is 0.600. The van der Waals surface area contributed by atoms with Gasteiger partial charge >= 0.3 is 0 Å². The van der Waals surface area contributed by atoms with Crippen molar-refractivity contribution < 1.29 is 18.3 Å². The molecule has 98 valence electrons. The molecule has 0 radical (unpaired) electrons. The molecule has 0 aliphatic rings. The van der Waals surface area contributed by atoms with Crippen LogP contribution in [0.4, 0.5) is 0 Å².